The molecule has 3 rings (SSSR count). The molecular weight excluding hydrogens is 244 g/mol. The maximum atomic E-state index is 12.0. The van der Waals surface area contributed by atoms with Gasteiger partial charge in [-0.05, 0) is 31.6 Å². The molecule has 1 saturated carbocycles. The van der Waals surface area contributed by atoms with Crippen LogP contribution in [-0.2, 0) is 9.47 Å². The zero-order valence-electron chi connectivity index (χ0n) is 11.5. The monoisotopic (exact) mass is 268 g/mol. The average molecular weight is 268 g/mol. The van der Waals surface area contributed by atoms with Crippen molar-refractivity contribution in [3.8, 4) is 0 Å². The first-order valence-electron chi connectivity index (χ1n) is 7.46. The summed E-state index contributed by atoms with van der Waals surface area (Å²) >= 11 is 0. The summed E-state index contributed by atoms with van der Waals surface area (Å²) in [7, 11) is 0. The minimum Gasteiger partial charge on any atom is -0.381 e. The Morgan fingerprint density at radius 1 is 1.42 bits per heavy atom. The molecule has 2 aliphatic heterocycles. The summed E-state index contributed by atoms with van der Waals surface area (Å²) in [4.78, 5) is 13.9. The van der Waals surface area contributed by atoms with Crippen molar-refractivity contribution in [1.29, 1.82) is 0 Å². The largest absolute Gasteiger partial charge is 0.381 e. The number of carbonyl (C=O) groups excluding carboxylic acids is 1. The molecule has 1 unspecified atom stereocenters. The molecule has 3 fully saturated rings. The van der Waals surface area contributed by atoms with Crippen molar-refractivity contribution in [2.45, 2.75) is 25.7 Å². The van der Waals surface area contributed by atoms with Crippen molar-refractivity contribution in [2.75, 3.05) is 46.1 Å². The fourth-order valence-corrected chi connectivity index (χ4v) is 2.96. The molecule has 0 bridgehead atoms. The lowest BCUT2D eigenvalue weighted by Crippen LogP contribution is -2.41. The minimum absolute atomic E-state index is 0.0544. The molecule has 19 heavy (non-hydrogen) atoms. The van der Waals surface area contributed by atoms with Gasteiger partial charge in [0.1, 0.15) is 0 Å². The zero-order valence-corrected chi connectivity index (χ0v) is 11.5. The third kappa shape index (κ3) is 3.39. The molecule has 2 amide bonds. The summed E-state index contributed by atoms with van der Waals surface area (Å²) in [5, 5.41) is 2.95. The molecule has 1 N–H and O–H groups in total. The summed E-state index contributed by atoms with van der Waals surface area (Å²) < 4.78 is 11.0. The standard InChI is InChI=1S/C14H24N2O3/c17-13(15-5-8-18-9-12-1-2-12)16-6-3-14(10-16)4-7-19-11-14/h12H,1-11H2,(H,15,17). The van der Waals surface area contributed by atoms with Crippen LogP contribution in [0.4, 0.5) is 4.79 Å². The number of ether oxygens (including phenoxy) is 2. The van der Waals surface area contributed by atoms with Gasteiger partial charge < -0.3 is 19.7 Å². The first-order chi connectivity index (χ1) is 9.27. The molecule has 3 aliphatic rings. The van der Waals surface area contributed by atoms with Crippen molar-refractivity contribution >= 4 is 6.03 Å². The highest BCUT2D eigenvalue weighted by Crippen LogP contribution is 2.38. The van der Waals surface area contributed by atoms with Crippen LogP contribution in [0.5, 0.6) is 0 Å². The van der Waals surface area contributed by atoms with Crippen LogP contribution in [-0.4, -0.2) is 57.0 Å². The van der Waals surface area contributed by atoms with E-state index in [0.29, 0.717) is 13.2 Å². The predicted octanol–water partition coefficient (Wildman–Crippen LogP) is 1.23. The van der Waals surface area contributed by atoms with E-state index in [-0.39, 0.29) is 11.4 Å². The first kappa shape index (κ1) is 13.2. The van der Waals surface area contributed by atoms with Gasteiger partial charge in [-0.3, -0.25) is 0 Å². The van der Waals surface area contributed by atoms with Crippen LogP contribution in [0.1, 0.15) is 25.7 Å². The summed E-state index contributed by atoms with van der Waals surface area (Å²) in [6, 6.07) is 0.0544. The normalized spacial score (nSPS) is 30.2. The molecule has 108 valence electrons. The maximum absolute atomic E-state index is 12.0. The first-order valence-corrected chi connectivity index (χ1v) is 7.46. The number of hydrogen-bond donors (Lipinski definition) is 1. The third-order valence-corrected chi connectivity index (χ3v) is 4.48. The summed E-state index contributed by atoms with van der Waals surface area (Å²) in [6.45, 7) is 5.49. The molecule has 1 aliphatic carbocycles. The van der Waals surface area contributed by atoms with Gasteiger partial charge in [-0.2, -0.15) is 0 Å². The lowest BCUT2D eigenvalue weighted by molar-refractivity contribution is 0.124. The molecule has 0 aromatic carbocycles. The molecule has 5 nitrogen and oxygen atoms in total. The highest BCUT2D eigenvalue weighted by Gasteiger charge is 2.42. The predicted molar refractivity (Wildman–Crippen MR) is 71.0 cm³/mol. The summed E-state index contributed by atoms with van der Waals surface area (Å²) in [6.07, 6.45) is 4.80. The fraction of sp³-hybridized carbons (Fsp3) is 0.929. The second-order valence-electron chi connectivity index (χ2n) is 6.22. The number of hydrogen-bond acceptors (Lipinski definition) is 3. The summed E-state index contributed by atoms with van der Waals surface area (Å²) in [5.41, 5.74) is 0.250. The van der Waals surface area contributed by atoms with Crippen LogP contribution in [0.2, 0.25) is 0 Å². The molecule has 5 heteroatoms. The van der Waals surface area contributed by atoms with Crippen LogP contribution in [0.3, 0.4) is 0 Å². The van der Waals surface area contributed by atoms with Crippen LogP contribution in [0.15, 0.2) is 0 Å². The van der Waals surface area contributed by atoms with E-state index in [4.69, 9.17) is 9.47 Å². The Hall–Kier alpha value is -0.810. The molecule has 1 spiro atoms. The van der Waals surface area contributed by atoms with Gasteiger partial charge in [-0.1, -0.05) is 0 Å². The number of likely N-dealkylation sites (tertiary alicyclic amines) is 1. The van der Waals surface area contributed by atoms with Gasteiger partial charge in [0.25, 0.3) is 0 Å². The second-order valence-corrected chi connectivity index (χ2v) is 6.22. The number of carbonyl (C=O) groups is 1. The smallest absolute Gasteiger partial charge is 0.317 e. The van der Waals surface area contributed by atoms with E-state index in [2.05, 4.69) is 5.32 Å². The summed E-state index contributed by atoms with van der Waals surface area (Å²) in [5.74, 6) is 0.788. The Balaban J connectivity index is 1.31. The van der Waals surface area contributed by atoms with E-state index in [1.807, 2.05) is 4.90 Å². The van der Waals surface area contributed by atoms with Crippen molar-refractivity contribution in [2.24, 2.45) is 11.3 Å². The van der Waals surface area contributed by atoms with E-state index < -0.39 is 0 Å². The second kappa shape index (κ2) is 5.67. The molecule has 0 aromatic heterocycles. The van der Waals surface area contributed by atoms with Crippen molar-refractivity contribution in [3.63, 3.8) is 0 Å². The number of nitrogens with one attached hydrogen (secondary N) is 1. The van der Waals surface area contributed by atoms with E-state index in [1.54, 1.807) is 0 Å². The fourth-order valence-electron chi connectivity index (χ4n) is 2.96. The lowest BCUT2D eigenvalue weighted by Gasteiger charge is -2.22. The Bertz CT molecular complexity index is 325. The van der Waals surface area contributed by atoms with Crippen LogP contribution in [0, 0.1) is 11.3 Å². The highest BCUT2D eigenvalue weighted by atomic mass is 16.5. The van der Waals surface area contributed by atoms with E-state index >= 15 is 0 Å². The maximum Gasteiger partial charge on any atom is 0.317 e. The Morgan fingerprint density at radius 2 is 2.32 bits per heavy atom. The molecule has 2 saturated heterocycles. The van der Waals surface area contributed by atoms with Gasteiger partial charge in [0, 0.05) is 38.3 Å². The van der Waals surface area contributed by atoms with Gasteiger partial charge in [0.2, 0.25) is 0 Å². The van der Waals surface area contributed by atoms with E-state index in [9.17, 15) is 4.79 Å². The Kier molecular flexibility index (Phi) is 3.93. The van der Waals surface area contributed by atoms with Gasteiger partial charge >= 0.3 is 6.03 Å². The molecule has 0 aromatic rings. The SMILES string of the molecule is O=C(NCCOCC1CC1)N1CCC2(CCOC2)C1. The van der Waals surface area contributed by atoms with Gasteiger partial charge in [0.05, 0.1) is 13.2 Å². The number of rotatable bonds is 5. The zero-order chi connectivity index (χ0) is 13.1. The Morgan fingerprint density at radius 3 is 3.05 bits per heavy atom. The highest BCUT2D eigenvalue weighted by molar-refractivity contribution is 5.74. The van der Waals surface area contributed by atoms with E-state index in [1.165, 1.54) is 12.8 Å². The molecule has 1 atom stereocenters. The van der Waals surface area contributed by atoms with Gasteiger partial charge in [-0.25, -0.2) is 4.79 Å². The number of urea groups is 1. The van der Waals surface area contributed by atoms with Crippen molar-refractivity contribution in [3.05, 3.63) is 0 Å². The Labute approximate surface area is 114 Å². The number of nitrogens with zero attached hydrogens (tertiary/aromatic N) is 1. The van der Waals surface area contributed by atoms with E-state index in [0.717, 1.165) is 51.7 Å². The van der Waals surface area contributed by atoms with Crippen LogP contribution >= 0.6 is 0 Å². The lowest BCUT2D eigenvalue weighted by atomic mass is 9.87. The molecule has 2 heterocycles. The third-order valence-electron chi connectivity index (χ3n) is 4.48. The van der Waals surface area contributed by atoms with Crippen molar-refractivity contribution in [1.82, 2.24) is 10.2 Å². The quantitative estimate of drug-likeness (QED) is 0.763. The van der Waals surface area contributed by atoms with Crippen molar-refractivity contribution < 1.29 is 14.3 Å². The van der Waals surface area contributed by atoms with Gasteiger partial charge in [0.15, 0.2) is 0 Å². The van der Waals surface area contributed by atoms with Crippen LogP contribution in [0.25, 0.3) is 0 Å². The topological polar surface area (TPSA) is 50.8 Å². The van der Waals surface area contributed by atoms with Crippen LogP contribution < -0.4 is 5.32 Å². The average Bonchev–Trinajstić information content (AvgIpc) is 2.98. The molecular formula is C14H24N2O3. The minimum atomic E-state index is 0.0544. The molecule has 0 radical (unpaired) electrons. The van der Waals surface area contributed by atoms with Gasteiger partial charge in [-0.15, -0.1) is 0 Å². The number of amides is 2.